The summed E-state index contributed by atoms with van der Waals surface area (Å²) in [6.07, 6.45) is 1.79. The van der Waals surface area contributed by atoms with E-state index in [1.807, 2.05) is 49.5 Å². The molecule has 0 bridgehead atoms. The lowest BCUT2D eigenvalue weighted by molar-refractivity contribution is 0.0607. The molecule has 2 aromatic heterocycles. The molecule has 2 heterocycles. The third-order valence-electron chi connectivity index (χ3n) is 4.85. The Morgan fingerprint density at radius 1 is 1.17 bits per heavy atom. The quantitative estimate of drug-likeness (QED) is 0.293. The first-order valence-electron chi connectivity index (χ1n) is 9.07. The van der Waals surface area contributed by atoms with Crippen LogP contribution in [0, 0.1) is 6.92 Å². The Morgan fingerprint density at radius 3 is 2.66 bits per heavy atom. The molecule has 0 aliphatic carbocycles. The summed E-state index contributed by atoms with van der Waals surface area (Å²) in [6, 6.07) is 17.8. The highest BCUT2D eigenvalue weighted by molar-refractivity contribution is 7.17. The number of anilines is 1. The minimum absolute atomic E-state index is 0.414. The number of para-hydroxylation sites is 1. The maximum Gasteiger partial charge on any atom is 0.350 e. The minimum Gasteiger partial charge on any atom is -0.465 e. The number of aryl methyl sites for hydroxylation is 1. The smallest absolute Gasteiger partial charge is 0.350 e. The molecule has 7 heteroatoms. The predicted molar refractivity (Wildman–Crippen MR) is 118 cm³/mol. The van der Waals surface area contributed by atoms with Crippen LogP contribution in [0.3, 0.4) is 0 Å². The van der Waals surface area contributed by atoms with E-state index in [9.17, 15) is 4.79 Å². The van der Waals surface area contributed by atoms with Crippen molar-refractivity contribution in [3.63, 3.8) is 0 Å². The van der Waals surface area contributed by atoms with Crippen molar-refractivity contribution >= 4 is 39.6 Å². The van der Waals surface area contributed by atoms with E-state index < -0.39 is 5.97 Å². The molecular formula is C22H20N4O2S. The largest absolute Gasteiger partial charge is 0.465 e. The van der Waals surface area contributed by atoms with Crippen molar-refractivity contribution in [2.45, 2.75) is 6.92 Å². The summed E-state index contributed by atoms with van der Waals surface area (Å²) in [7, 11) is 3.41. The highest BCUT2D eigenvalue weighted by atomic mass is 32.1. The molecule has 2 aromatic carbocycles. The summed E-state index contributed by atoms with van der Waals surface area (Å²) < 4.78 is 7.06. The summed E-state index contributed by atoms with van der Waals surface area (Å²) in [6.45, 7) is 2.06. The first kappa shape index (κ1) is 18.9. The molecule has 1 N–H and O–H groups in total. The van der Waals surface area contributed by atoms with Crippen molar-refractivity contribution < 1.29 is 9.53 Å². The summed E-state index contributed by atoms with van der Waals surface area (Å²) in [4.78, 5) is 17.2. The molecule has 0 fully saturated rings. The van der Waals surface area contributed by atoms with E-state index >= 15 is 0 Å². The second-order valence-corrected chi connectivity index (χ2v) is 7.50. The number of carbonyl (C=O) groups excluding carboxylic acids is 1. The van der Waals surface area contributed by atoms with Gasteiger partial charge in [0.1, 0.15) is 4.88 Å². The number of ether oxygens (including phenoxy) is 1. The Labute approximate surface area is 172 Å². The number of carbonyl (C=O) groups is 1. The van der Waals surface area contributed by atoms with Gasteiger partial charge in [0.25, 0.3) is 0 Å². The van der Waals surface area contributed by atoms with Crippen LogP contribution < -0.4 is 5.43 Å². The average molecular weight is 404 g/mol. The predicted octanol–water partition coefficient (Wildman–Crippen LogP) is 4.84. The van der Waals surface area contributed by atoms with E-state index in [2.05, 4.69) is 39.1 Å². The van der Waals surface area contributed by atoms with Crippen molar-refractivity contribution in [2.75, 3.05) is 12.5 Å². The molecule has 0 aliphatic heterocycles. The number of fused-ring (bicyclic) bond motifs is 1. The lowest BCUT2D eigenvalue weighted by Gasteiger charge is -1.99. The topological polar surface area (TPSA) is 68.5 Å². The Balaban J connectivity index is 1.65. The third-order valence-corrected chi connectivity index (χ3v) is 5.79. The zero-order valence-electron chi connectivity index (χ0n) is 16.3. The maximum atomic E-state index is 12.2. The lowest BCUT2D eigenvalue weighted by Crippen LogP contribution is -2.00. The monoisotopic (exact) mass is 404 g/mol. The number of esters is 1. The van der Waals surface area contributed by atoms with Gasteiger partial charge in [0.2, 0.25) is 5.13 Å². The van der Waals surface area contributed by atoms with E-state index in [4.69, 9.17) is 4.74 Å². The number of rotatable bonds is 5. The van der Waals surface area contributed by atoms with Gasteiger partial charge < -0.3 is 9.30 Å². The van der Waals surface area contributed by atoms with Gasteiger partial charge in [0, 0.05) is 34.8 Å². The minimum atomic E-state index is -0.414. The molecule has 4 aromatic rings. The van der Waals surface area contributed by atoms with Gasteiger partial charge in [-0.15, -0.1) is 0 Å². The molecule has 6 nitrogen and oxygen atoms in total. The van der Waals surface area contributed by atoms with Gasteiger partial charge in [0.05, 0.1) is 19.0 Å². The SMILES string of the molecule is COC(=O)c1sc(N/N=C\c2c(C)n(C)c3ccccc23)nc1-c1ccccc1. The maximum absolute atomic E-state index is 12.2. The number of hydrogen-bond donors (Lipinski definition) is 1. The molecule has 146 valence electrons. The van der Waals surface area contributed by atoms with Crippen molar-refractivity contribution in [1.82, 2.24) is 9.55 Å². The molecule has 0 saturated carbocycles. The summed E-state index contributed by atoms with van der Waals surface area (Å²) in [5.41, 5.74) is 7.72. The molecule has 4 rings (SSSR count). The van der Waals surface area contributed by atoms with E-state index in [1.54, 1.807) is 6.21 Å². The van der Waals surface area contributed by atoms with Crippen LogP contribution in [0.15, 0.2) is 59.7 Å². The molecule has 0 amide bonds. The second-order valence-electron chi connectivity index (χ2n) is 6.50. The van der Waals surface area contributed by atoms with Crippen LogP contribution in [0.5, 0.6) is 0 Å². The second kappa shape index (κ2) is 7.89. The van der Waals surface area contributed by atoms with Gasteiger partial charge in [-0.25, -0.2) is 9.78 Å². The highest BCUT2D eigenvalue weighted by Crippen LogP contribution is 2.31. The van der Waals surface area contributed by atoms with Crippen LogP contribution in [0.25, 0.3) is 22.2 Å². The summed E-state index contributed by atoms with van der Waals surface area (Å²) in [5, 5.41) is 6.04. The van der Waals surface area contributed by atoms with Crippen LogP contribution in [-0.4, -0.2) is 28.8 Å². The number of methoxy groups -OCH3 is 1. The van der Waals surface area contributed by atoms with Gasteiger partial charge in [-0.3, -0.25) is 5.43 Å². The number of benzene rings is 2. The van der Waals surface area contributed by atoms with Crippen LogP contribution in [0.4, 0.5) is 5.13 Å². The van der Waals surface area contributed by atoms with Gasteiger partial charge in [-0.05, 0) is 13.0 Å². The third kappa shape index (κ3) is 3.52. The number of thiazole rings is 1. The van der Waals surface area contributed by atoms with Gasteiger partial charge >= 0.3 is 5.97 Å². The first-order chi connectivity index (χ1) is 14.1. The van der Waals surface area contributed by atoms with Crippen LogP contribution in [0.2, 0.25) is 0 Å². The molecule has 0 atom stereocenters. The standard InChI is InChI=1S/C22H20N4O2S/c1-14-17(16-11-7-8-12-18(16)26(14)2)13-23-25-22-24-19(15-9-5-4-6-10-15)20(29-22)21(27)28-3/h4-13H,1-3H3,(H,24,25)/b23-13-. The van der Waals surface area contributed by atoms with E-state index in [1.165, 1.54) is 18.4 Å². The molecule has 0 aliphatic rings. The van der Waals surface area contributed by atoms with Crippen molar-refractivity contribution in [3.8, 4) is 11.3 Å². The fraction of sp³-hybridized carbons (Fsp3) is 0.136. The zero-order chi connectivity index (χ0) is 20.4. The van der Waals surface area contributed by atoms with Crippen molar-refractivity contribution in [2.24, 2.45) is 12.1 Å². The fourth-order valence-corrected chi connectivity index (χ4v) is 4.11. The van der Waals surface area contributed by atoms with Gasteiger partial charge in [-0.1, -0.05) is 59.9 Å². The van der Waals surface area contributed by atoms with E-state index in [0.717, 1.165) is 27.7 Å². The first-order valence-corrected chi connectivity index (χ1v) is 9.89. The Kier molecular flexibility index (Phi) is 5.14. The Bertz CT molecular complexity index is 1210. The fourth-order valence-electron chi connectivity index (χ4n) is 3.26. The molecule has 29 heavy (non-hydrogen) atoms. The normalized spacial score (nSPS) is 11.3. The molecule has 0 spiro atoms. The molecule has 0 saturated heterocycles. The molecular weight excluding hydrogens is 384 g/mol. The zero-order valence-corrected chi connectivity index (χ0v) is 17.2. The molecule has 0 radical (unpaired) electrons. The van der Waals surface area contributed by atoms with Crippen LogP contribution in [0.1, 0.15) is 20.9 Å². The van der Waals surface area contributed by atoms with Gasteiger partial charge in [0.15, 0.2) is 0 Å². The highest BCUT2D eigenvalue weighted by Gasteiger charge is 2.20. The number of hydrazone groups is 1. The lowest BCUT2D eigenvalue weighted by atomic mass is 10.1. The summed E-state index contributed by atoms with van der Waals surface area (Å²) in [5.74, 6) is -0.414. The Hall–Kier alpha value is -3.45. The van der Waals surface area contributed by atoms with Gasteiger partial charge in [-0.2, -0.15) is 5.10 Å². The van der Waals surface area contributed by atoms with E-state index in [-0.39, 0.29) is 0 Å². The van der Waals surface area contributed by atoms with E-state index in [0.29, 0.717) is 15.7 Å². The number of nitrogens with one attached hydrogen (secondary N) is 1. The van der Waals surface area contributed by atoms with Crippen molar-refractivity contribution in [3.05, 3.63) is 70.7 Å². The summed E-state index contributed by atoms with van der Waals surface area (Å²) >= 11 is 1.22. The van der Waals surface area contributed by atoms with Crippen LogP contribution >= 0.6 is 11.3 Å². The number of hydrogen-bond acceptors (Lipinski definition) is 6. The molecule has 0 unspecified atom stereocenters. The van der Waals surface area contributed by atoms with Crippen LogP contribution in [-0.2, 0) is 11.8 Å². The number of nitrogens with zero attached hydrogens (tertiary/aromatic N) is 3. The Morgan fingerprint density at radius 2 is 1.90 bits per heavy atom. The average Bonchev–Trinajstić information content (AvgIpc) is 3.29. The van der Waals surface area contributed by atoms with Crippen molar-refractivity contribution in [1.29, 1.82) is 0 Å². The number of aromatic nitrogens is 2.